The van der Waals surface area contributed by atoms with Gasteiger partial charge in [0.1, 0.15) is 0 Å². The molecule has 0 atom stereocenters. The molecule has 244 valence electrons. The summed E-state index contributed by atoms with van der Waals surface area (Å²) in [5.41, 5.74) is 10.7. The van der Waals surface area contributed by atoms with E-state index >= 15 is 0 Å². The maximum Gasteiger partial charge on any atom is 0.0546 e. The first kappa shape index (κ1) is 30.4. The molecule has 0 saturated carbocycles. The van der Waals surface area contributed by atoms with Gasteiger partial charge in [0.05, 0.1) is 5.69 Å². The van der Waals surface area contributed by atoms with Crippen molar-refractivity contribution in [1.29, 1.82) is 0 Å². The molecule has 1 aromatic heterocycles. The van der Waals surface area contributed by atoms with Crippen molar-refractivity contribution in [2.24, 2.45) is 0 Å². The van der Waals surface area contributed by atoms with Crippen molar-refractivity contribution in [1.82, 2.24) is 0 Å². The second-order valence-electron chi connectivity index (χ2n) is 13.3. The predicted molar refractivity (Wildman–Crippen MR) is 225 cm³/mol. The first-order chi connectivity index (χ1) is 25.8. The van der Waals surface area contributed by atoms with Crippen LogP contribution >= 0.6 is 11.3 Å². The number of nitrogens with zero attached hydrogens (tertiary/aromatic N) is 1. The third kappa shape index (κ3) is 5.24. The molecule has 0 fully saturated rings. The summed E-state index contributed by atoms with van der Waals surface area (Å²) in [7, 11) is 0. The topological polar surface area (TPSA) is 3.24 Å². The third-order valence-electron chi connectivity index (χ3n) is 10.3. The van der Waals surface area contributed by atoms with Crippen molar-refractivity contribution >= 4 is 70.1 Å². The van der Waals surface area contributed by atoms with Crippen molar-refractivity contribution in [3.63, 3.8) is 0 Å². The standard InChI is InChI=1S/C50H33NS/c1-3-13-34(14-4-1)35-23-25-39(26-24-35)51(40-27-28-47-46-21-11-12-22-49(46)52-50(47)33-40)48-32-38(31-37-17-7-8-18-43(37)48)42-30-29-41(36-15-5-2-6-16-36)44-19-9-10-20-45(42)44/h1-33H. The van der Waals surface area contributed by atoms with Gasteiger partial charge in [-0.25, -0.2) is 0 Å². The Balaban J connectivity index is 1.20. The Hall–Kier alpha value is -6.48. The number of fused-ring (bicyclic) bond motifs is 5. The number of hydrogen-bond donors (Lipinski definition) is 0. The molecule has 0 N–H and O–H groups in total. The summed E-state index contributed by atoms with van der Waals surface area (Å²) < 4.78 is 2.60. The molecule has 10 aromatic rings. The van der Waals surface area contributed by atoms with Crippen LogP contribution in [0.25, 0.3) is 75.1 Å². The summed E-state index contributed by atoms with van der Waals surface area (Å²) in [5.74, 6) is 0. The zero-order valence-corrected chi connectivity index (χ0v) is 29.2. The molecule has 0 saturated heterocycles. The first-order valence-corrected chi connectivity index (χ1v) is 18.6. The highest BCUT2D eigenvalue weighted by atomic mass is 32.1. The SMILES string of the molecule is c1ccc(-c2ccc(N(c3ccc4c(c3)sc3ccccc34)c3cc(-c4ccc(-c5ccccc5)c5ccccc45)cc4ccccc34)cc2)cc1. The highest BCUT2D eigenvalue weighted by Gasteiger charge is 2.20. The molecule has 9 aromatic carbocycles. The second-order valence-corrected chi connectivity index (χ2v) is 14.4. The lowest BCUT2D eigenvalue weighted by Crippen LogP contribution is -2.10. The van der Waals surface area contributed by atoms with Crippen molar-refractivity contribution in [3.8, 4) is 33.4 Å². The van der Waals surface area contributed by atoms with Crippen LogP contribution < -0.4 is 4.90 Å². The first-order valence-electron chi connectivity index (χ1n) is 17.8. The minimum absolute atomic E-state index is 1.12. The van der Waals surface area contributed by atoms with Crippen LogP contribution in [0.4, 0.5) is 17.1 Å². The monoisotopic (exact) mass is 679 g/mol. The van der Waals surface area contributed by atoms with E-state index in [0.717, 1.165) is 17.1 Å². The van der Waals surface area contributed by atoms with Crippen LogP contribution in [-0.4, -0.2) is 0 Å². The molecular weight excluding hydrogens is 647 g/mol. The molecule has 0 bridgehead atoms. The van der Waals surface area contributed by atoms with Crippen LogP contribution in [-0.2, 0) is 0 Å². The molecule has 2 heteroatoms. The van der Waals surface area contributed by atoms with Crippen LogP contribution in [0.3, 0.4) is 0 Å². The van der Waals surface area contributed by atoms with Crippen LogP contribution in [0.15, 0.2) is 200 Å². The smallest absolute Gasteiger partial charge is 0.0546 e. The van der Waals surface area contributed by atoms with E-state index in [2.05, 4.69) is 205 Å². The molecule has 1 heterocycles. The van der Waals surface area contributed by atoms with Gasteiger partial charge in [-0.2, -0.15) is 0 Å². The van der Waals surface area contributed by atoms with Gasteiger partial charge in [0, 0.05) is 36.9 Å². The van der Waals surface area contributed by atoms with Crippen LogP contribution in [0.1, 0.15) is 0 Å². The largest absolute Gasteiger partial charge is 0.310 e. The molecule has 10 rings (SSSR count). The van der Waals surface area contributed by atoms with E-state index in [9.17, 15) is 0 Å². The Labute approximate surface area is 307 Å². The highest BCUT2D eigenvalue weighted by molar-refractivity contribution is 7.25. The molecule has 0 aliphatic carbocycles. The number of benzene rings is 9. The number of rotatable bonds is 6. The van der Waals surface area contributed by atoms with Gasteiger partial charge < -0.3 is 4.90 Å². The second kappa shape index (κ2) is 12.7. The van der Waals surface area contributed by atoms with Crippen LogP contribution in [0, 0.1) is 0 Å². The lowest BCUT2D eigenvalue weighted by Gasteiger charge is -2.28. The minimum Gasteiger partial charge on any atom is -0.310 e. The summed E-state index contributed by atoms with van der Waals surface area (Å²) >= 11 is 1.86. The molecule has 0 spiro atoms. The molecule has 0 radical (unpaired) electrons. The summed E-state index contributed by atoms with van der Waals surface area (Å²) in [4.78, 5) is 2.45. The van der Waals surface area contributed by atoms with E-state index in [1.807, 2.05) is 11.3 Å². The van der Waals surface area contributed by atoms with E-state index in [4.69, 9.17) is 0 Å². The van der Waals surface area contributed by atoms with Crippen molar-refractivity contribution in [2.75, 3.05) is 4.90 Å². The summed E-state index contributed by atoms with van der Waals surface area (Å²) in [6, 6.07) is 73.0. The molecule has 0 aliphatic heterocycles. The Kier molecular flexibility index (Phi) is 7.41. The number of anilines is 3. The molecule has 1 nitrogen and oxygen atoms in total. The third-order valence-corrected chi connectivity index (χ3v) is 11.4. The number of hydrogen-bond acceptors (Lipinski definition) is 2. The minimum atomic E-state index is 1.12. The maximum absolute atomic E-state index is 2.45. The lowest BCUT2D eigenvalue weighted by molar-refractivity contribution is 1.30. The van der Waals surface area contributed by atoms with E-state index in [1.54, 1.807) is 0 Å². The van der Waals surface area contributed by atoms with Gasteiger partial charge in [-0.1, -0.05) is 158 Å². The molecular formula is C50H33NS. The van der Waals surface area contributed by atoms with Gasteiger partial charge in [-0.05, 0) is 92.0 Å². The lowest BCUT2D eigenvalue weighted by atomic mass is 9.90. The van der Waals surface area contributed by atoms with Crippen LogP contribution in [0.5, 0.6) is 0 Å². The maximum atomic E-state index is 2.45. The van der Waals surface area contributed by atoms with Gasteiger partial charge >= 0.3 is 0 Å². The highest BCUT2D eigenvalue weighted by Crippen LogP contribution is 2.45. The Morgan fingerprint density at radius 1 is 0.308 bits per heavy atom. The van der Waals surface area contributed by atoms with Crippen molar-refractivity contribution < 1.29 is 0 Å². The number of thiophene rings is 1. The van der Waals surface area contributed by atoms with Gasteiger partial charge in [0.25, 0.3) is 0 Å². The normalized spacial score (nSPS) is 11.5. The van der Waals surface area contributed by atoms with Crippen molar-refractivity contribution in [3.05, 3.63) is 200 Å². The fourth-order valence-electron chi connectivity index (χ4n) is 7.77. The average molecular weight is 680 g/mol. The molecule has 0 aliphatic rings. The summed E-state index contributed by atoms with van der Waals surface area (Å²) in [6.45, 7) is 0. The van der Waals surface area contributed by atoms with Gasteiger partial charge in [-0.3, -0.25) is 0 Å². The Bertz CT molecular complexity index is 2890. The van der Waals surface area contributed by atoms with E-state index in [-0.39, 0.29) is 0 Å². The summed E-state index contributed by atoms with van der Waals surface area (Å²) in [6.07, 6.45) is 0. The van der Waals surface area contributed by atoms with E-state index < -0.39 is 0 Å². The van der Waals surface area contributed by atoms with E-state index in [0.29, 0.717) is 0 Å². The zero-order valence-electron chi connectivity index (χ0n) is 28.4. The molecule has 0 amide bonds. The van der Waals surface area contributed by atoms with Crippen molar-refractivity contribution in [2.45, 2.75) is 0 Å². The zero-order chi connectivity index (χ0) is 34.4. The van der Waals surface area contributed by atoms with Crippen LogP contribution in [0.2, 0.25) is 0 Å². The summed E-state index contributed by atoms with van der Waals surface area (Å²) in [5, 5.41) is 7.53. The molecule has 52 heavy (non-hydrogen) atoms. The Morgan fingerprint density at radius 3 is 1.58 bits per heavy atom. The fourth-order valence-corrected chi connectivity index (χ4v) is 8.90. The van der Waals surface area contributed by atoms with Gasteiger partial charge in [0.15, 0.2) is 0 Å². The quantitative estimate of drug-likeness (QED) is 0.169. The average Bonchev–Trinajstić information content (AvgIpc) is 3.59. The fraction of sp³-hybridized carbons (Fsp3) is 0. The Morgan fingerprint density at radius 2 is 0.846 bits per heavy atom. The van der Waals surface area contributed by atoms with E-state index in [1.165, 1.54) is 75.1 Å². The van der Waals surface area contributed by atoms with Gasteiger partial charge in [-0.15, -0.1) is 11.3 Å². The predicted octanol–water partition coefficient (Wildman–Crippen LogP) is 14.8. The van der Waals surface area contributed by atoms with Gasteiger partial charge in [0.2, 0.25) is 0 Å². The molecule has 0 unspecified atom stereocenters.